The summed E-state index contributed by atoms with van der Waals surface area (Å²) in [4.78, 5) is 14.9. The average Bonchev–Trinajstić information content (AvgIpc) is 3.25. The van der Waals surface area contributed by atoms with Crippen LogP contribution >= 0.6 is 0 Å². The van der Waals surface area contributed by atoms with Crippen molar-refractivity contribution in [2.45, 2.75) is 26.7 Å². The highest BCUT2D eigenvalue weighted by Crippen LogP contribution is 2.38. The molecule has 0 atom stereocenters. The first-order valence-corrected chi connectivity index (χ1v) is 11.4. The maximum Gasteiger partial charge on any atom is 0.252 e. The molecule has 1 amide bonds. The number of ether oxygens (including phenoxy) is 2. The van der Waals surface area contributed by atoms with Crippen LogP contribution in [0.2, 0.25) is 0 Å². The summed E-state index contributed by atoms with van der Waals surface area (Å²) in [5, 5.41) is 10.0. The standard InChI is InChI=1S/C17H17NO3.C11H13NO/c1-10-5-11(2)7-12(6-10)13-8-14(17(18)19)16-15(9-13)20-3-4-21-16;13-7-3-4-9-8-12-11-6-2-1-5-10(9)11/h5-9H,3-4H2,1-2H3,(H2,18,19);1-2,5-6,8,12-13H,3-4,7H2. The summed E-state index contributed by atoms with van der Waals surface area (Å²) < 4.78 is 11.1. The van der Waals surface area contributed by atoms with Crippen LogP contribution in [-0.2, 0) is 6.42 Å². The number of aromatic amines is 1. The van der Waals surface area contributed by atoms with Crippen molar-refractivity contribution in [2.24, 2.45) is 5.73 Å². The molecule has 1 aliphatic rings. The van der Waals surface area contributed by atoms with Crippen LogP contribution in [0.25, 0.3) is 22.0 Å². The number of nitrogens with one attached hydrogen (secondary N) is 1. The van der Waals surface area contributed by atoms with Gasteiger partial charge in [0.2, 0.25) is 0 Å². The van der Waals surface area contributed by atoms with Crippen molar-refractivity contribution in [2.75, 3.05) is 19.8 Å². The van der Waals surface area contributed by atoms with E-state index in [0.29, 0.717) is 30.3 Å². The Labute approximate surface area is 199 Å². The van der Waals surface area contributed by atoms with Gasteiger partial charge in [0.25, 0.3) is 5.91 Å². The molecule has 0 saturated heterocycles. The minimum absolute atomic E-state index is 0.263. The van der Waals surface area contributed by atoms with E-state index < -0.39 is 5.91 Å². The molecule has 0 saturated carbocycles. The second kappa shape index (κ2) is 10.4. The number of aliphatic hydroxyl groups excluding tert-OH is 1. The molecule has 3 aromatic carbocycles. The lowest BCUT2D eigenvalue weighted by molar-refractivity contribution is 0.0989. The average molecular weight is 459 g/mol. The number of aliphatic hydroxyl groups is 1. The zero-order valence-corrected chi connectivity index (χ0v) is 19.6. The third-order valence-corrected chi connectivity index (χ3v) is 5.74. The summed E-state index contributed by atoms with van der Waals surface area (Å²) >= 11 is 0. The number of para-hydroxylation sites is 1. The smallest absolute Gasteiger partial charge is 0.252 e. The molecule has 6 nitrogen and oxygen atoms in total. The summed E-state index contributed by atoms with van der Waals surface area (Å²) in [6, 6.07) is 18.2. The van der Waals surface area contributed by atoms with Crippen LogP contribution in [0.4, 0.5) is 0 Å². The molecule has 0 radical (unpaired) electrons. The first-order chi connectivity index (χ1) is 16.5. The normalized spacial score (nSPS) is 12.2. The van der Waals surface area contributed by atoms with Gasteiger partial charge in [-0.15, -0.1) is 0 Å². The minimum Gasteiger partial charge on any atom is -0.486 e. The van der Waals surface area contributed by atoms with E-state index in [1.54, 1.807) is 6.07 Å². The Bertz CT molecular complexity index is 1290. The van der Waals surface area contributed by atoms with Crippen molar-refractivity contribution in [3.05, 3.63) is 83.0 Å². The summed E-state index contributed by atoms with van der Waals surface area (Å²) in [5.74, 6) is 0.511. The number of hydrogen-bond acceptors (Lipinski definition) is 4. The van der Waals surface area contributed by atoms with Crippen LogP contribution in [0.5, 0.6) is 11.5 Å². The zero-order valence-electron chi connectivity index (χ0n) is 19.6. The first kappa shape index (κ1) is 23.4. The van der Waals surface area contributed by atoms with Crippen molar-refractivity contribution in [3.8, 4) is 22.6 Å². The predicted octanol–water partition coefficient (Wildman–Crippen LogP) is 4.93. The minimum atomic E-state index is -0.511. The molecular weight excluding hydrogens is 428 g/mol. The van der Waals surface area contributed by atoms with Gasteiger partial charge in [-0.1, -0.05) is 47.5 Å². The molecule has 176 valence electrons. The molecule has 0 bridgehead atoms. The highest BCUT2D eigenvalue weighted by molar-refractivity contribution is 5.98. The zero-order chi connectivity index (χ0) is 24.1. The number of carbonyl (C=O) groups is 1. The lowest BCUT2D eigenvalue weighted by Crippen LogP contribution is -2.20. The van der Waals surface area contributed by atoms with E-state index in [1.165, 1.54) is 27.6 Å². The maximum absolute atomic E-state index is 11.7. The molecule has 0 fully saturated rings. The summed E-state index contributed by atoms with van der Waals surface area (Å²) in [6.45, 7) is 5.25. The maximum atomic E-state index is 11.7. The highest BCUT2D eigenvalue weighted by atomic mass is 16.6. The molecule has 4 N–H and O–H groups in total. The summed E-state index contributed by atoms with van der Waals surface area (Å²) in [5.41, 5.74) is 12.6. The largest absolute Gasteiger partial charge is 0.486 e. The fraction of sp³-hybridized carbons (Fsp3) is 0.250. The quantitative estimate of drug-likeness (QED) is 0.395. The molecule has 5 rings (SSSR count). The van der Waals surface area contributed by atoms with Gasteiger partial charge in [0.1, 0.15) is 13.2 Å². The Hall–Kier alpha value is -3.77. The molecular formula is C28H30N2O4. The molecule has 0 aliphatic carbocycles. The topological polar surface area (TPSA) is 97.6 Å². The van der Waals surface area contributed by atoms with E-state index in [2.05, 4.69) is 35.3 Å². The second-order valence-corrected chi connectivity index (χ2v) is 8.48. The Morgan fingerprint density at radius 1 is 1.00 bits per heavy atom. The van der Waals surface area contributed by atoms with E-state index in [1.807, 2.05) is 38.2 Å². The van der Waals surface area contributed by atoms with Crippen LogP contribution in [0.3, 0.4) is 0 Å². The van der Waals surface area contributed by atoms with Gasteiger partial charge >= 0.3 is 0 Å². The van der Waals surface area contributed by atoms with Crippen LogP contribution in [0.15, 0.2) is 60.8 Å². The van der Waals surface area contributed by atoms with Gasteiger partial charge in [-0.3, -0.25) is 4.79 Å². The van der Waals surface area contributed by atoms with Crippen LogP contribution in [-0.4, -0.2) is 35.8 Å². The SMILES string of the molecule is Cc1cc(C)cc(-c2cc3c(c(C(N)=O)c2)OCCO3)c1.OCCCc1c[nH]c2ccccc12. The van der Waals surface area contributed by atoms with Crippen molar-refractivity contribution in [1.29, 1.82) is 0 Å². The molecule has 0 spiro atoms. The number of rotatable bonds is 5. The number of aromatic nitrogens is 1. The van der Waals surface area contributed by atoms with E-state index in [0.717, 1.165) is 24.0 Å². The van der Waals surface area contributed by atoms with E-state index in [9.17, 15) is 4.79 Å². The van der Waals surface area contributed by atoms with Gasteiger partial charge in [0.15, 0.2) is 11.5 Å². The summed E-state index contributed by atoms with van der Waals surface area (Å²) in [7, 11) is 0. The second-order valence-electron chi connectivity index (χ2n) is 8.48. The predicted molar refractivity (Wildman–Crippen MR) is 135 cm³/mol. The lowest BCUT2D eigenvalue weighted by atomic mass is 9.98. The molecule has 34 heavy (non-hydrogen) atoms. The van der Waals surface area contributed by atoms with Gasteiger partial charge < -0.3 is 25.3 Å². The third kappa shape index (κ3) is 5.24. The Morgan fingerprint density at radius 3 is 2.44 bits per heavy atom. The Balaban J connectivity index is 0.000000180. The van der Waals surface area contributed by atoms with Gasteiger partial charge in [-0.25, -0.2) is 0 Å². The van der Waals surface area contributed by atoms with Gasteiger partial charge in [0, 0.05) is 23.7 Å². The van der Waals surface area contributed by atoms with E-state index in [-0.39, 0.29) is 6.61 Å². The van der Waals surface area contributed by atoms with Crippen molar-refractivity contribution < 1.29 is 19.4 Å². The van der Waals surface area contributed by atoms with Crippen molar-refractivity contribution in [1.82, 2.24) is 4.98 Å². The Kier molecular flexibility index (Phi) is 7.18. The van der Waals surface area contributed by atoms with Gasteiger partial charge in [-0.05, 0) is 61.6 Å². The number of carbonyl (C=O) groups excluding carboxylic acids is 1. The first-order valence-electron chi connectivity index (χ1n) is 11.4. The number of nitrogens with two attached hydrogens (primary N) is 1. The number of H-pyrrole nitrogens is 1. The van der Waals surface area contributed by atoms with E-state index >= 15 is 0 Å². The van der Waals surface area contributed by atoms with E-state index in [4.69, 9.17) is 20.3 Å². The number of amides is 1. The molecule has 0 unspecified atom stereocenters. The van der Waals surface area contributed by atoms with Crippen LogP contribution < -0.4 is 15.2 Å². The fourth-order valence-corrected chi connectivity index (χ4v) is 4.25. The summed E-state index contributed by atoms with van der Waals surface area (Å²) in [6.07, 6.45) is 3.81. The monoisotopic (exact) mass is 458 g/mol. The van der Waals surface area contributed by atoms with Gasteiger partial charge in [0.05, 0.1) is 5.56 Å². The van der Waals surface area contributed by atoms with Crippen molar-refractivity contribution in [3.63, 3.8) is 0 Å². The molecule has 1 aromatic heterocycles. The van der Waals surface area contributed by atoms with Crippen LogP contribution in [0, 0.1) is 13.8 Å². The number of hydrogen-bond donors (Lipinski definition) is 3. The van der Waals surface area contributed by atoms with Crippen molar-refractivity contribution >= 4 is 16.8 Å². The molecule has 2 heterocycles. The number of benzene rings is 3. The lowest BCUT2D eigenvalue weighted by Gasteiger charge is -2.21. The number of fused-ring (bicyclic) bond motifs is 2. The molecule has 6 heteroatoms. The Morgan fingerprint density at radius 2 is 1.71 bits per heavy atom. The highest BCUT2D eigenvalue weighted by Gasteiger charge is 2.21. The van der Waals surface area contributed by atoms with Crippen LogP contribution in [0.1, 0.15) is 33.5 Å². The fourth-order valence-electron chi connectivity index (χ4n) is 4.25. The van der Waals surface area contributed by atoms with Gasteiger partial charge in [-0.2, -0.15) is 0 Å². The molecule has 4 aromatic rings. The number of primary amides is 1. The molecule has 1 aliphatic heterocycles. The third-order valence-electron chi connectivity index (χ3n) is 5.74. The number of aryl methyl sites for hydroxylation is 3.